The highest BCUT2D eigenvalue weighted by Crippen LogP contribution is 2.77. The molecule has 11 atom stereocenters. The van der Waals surface area contributed by atoms with Gasteiger partial charge in [0, 0.05) is 55.4 Å². The molecule has 234 valence electrons. The van der Waals surface area contributed by atoms with Gasteiger partial charge < -0.3 is 24.1 Å². The van der Waals surface area contributed by atoms with Gasteiger partial charge >= 0.3 is 23.9 Å². The van der Waals surface area contributed by atoms with Crippen molar-refractivity contribution >= 4 is 23.9 Å². The van der Waals surface area contributed by atoms with Crippen LogP contribution >= 0.6 is 0 Å². The molecule has 42 heavy (non-hydrogen) atoms. The number of hydrogen-bond donors (Lipinski definition) is 1. The second-order valence-corrected chi connectivity index (χ2v) is 15.2. The van der Waals surface area contributed by atoms with Crippen LogP contribution in [0.1, 0.15) is 101 Å². The molecule has 1 heterocycles. The number of hydrogen-bond acceptors (Lipinski definition) is 9. The van der Waals surface area contributed by atoms with E-state index < -0.39 is 58.1 Å². The maximum atomic E-state index is 12.7. The molecule has 1 N–H and O–H groups in total. The van der Waals surface area contributed by atoms with Crippen molar-refractivity contribution in [2.45, 2.75) is 130 Å². The maximum absolute atomic E-state index is 12.7. The Bertz CT molecular complexity index is 1220. The third kappa shape index (κ3) is 3.97. The highest BCUT2D eigenvalue weighted by atomic mass is 16.6. The molecule has 5 aliphatic rings. The van der Waals surface area contributed by atoms with Crippen LogP contribution < -0.4 is 0 Å². The van der Waals surface area contributed by atoms with Crippen molar-refractivity contribution in [3.8, 4) is 0 Å². The van der Waals surface area contributed by atoms with Gasteiger partial charge in [-0.25, -0.2) is 4.79 Å². The standard InChI is InChI=1S/C33H48O9/c1-18(34)39-24-12-14-29(6)21-10-11-22-32(9,31(21,8)25(40-19(2)35)16-23(29)28(24,4)5)26(41-20(3)36)17-33(22,38)30(7)15-13-27(37)42-30/h13,15,21-26,38H,10-12,14,16-17H2,1-9H3/t21-,22+,23?,24+,25?,26-,29-,30+,31+,32+,33-/m1/s1. The van der Waals surface area contributed by atoms with Gasteiger partial charge in [0.1, 0.15) is 23.9 Å². The van der Waals surface area contributed by atoms with Crippen molar-refractivity contribution in [3.63, 3.8) is 0 Å². The second-order valence-electron chi connectivity index (χ2n) is 15.2. The molecule has 4 saturated carbocycles. The first-order chi connectivity index (χ1) is 19.3. The number of carbonyl (C=O) groups is 4. The molecule has 9 heteroatoms. The Hall–Kier alpha value is -2.42. The molecule has 1 aliphatic heterocycles. The Morgan fingerprint density at radius 2 is 1.31 bits per heavy atom. The quantitative estimate of drug-likeness (QED) is 0.368. The minimum absolute atomic E-state index is 0.0433. The molecule has 0 spiro atoms. The first-order valence-corrected chi connectivity index (χ1v) is 15.4. The Morgan fingerprint density at radius 1 is 0.786 bits per heavy atom. The average molecular weight is 589 g/mol. The second kappa shape index (κ2) is 9.54. The van der Waals surface area contributed by atoms with Crippen LogP contribution in [0.4, 0.5) is 0 Å². The first-order valence-electron chi connectivity index (χ1n) is 15.4. The zero-order valence-corrected chi connectivity index (χ0v) is 26.6. The van der Waals surface area contributed by atoms with Crippen LogP contribution in [0.15, 0.2) is 12.2 Å². The number of rotatable bonds is 4. The fraction of sp³-hybridized carbons (Fsp3) is 0.818. The first kappa shape index (κ1) is 31.0. The number of ether oxygens (including phenoxy) is 4. The minimum atomic E-state index is -1.51. The Morgan fingerprint density at radius 3 is 1.86 bits per heavy atom. The Kier molecular flexibility index (Phi) is 7.04. The van der Waals surface area contributed by atoms with Crippen LogP contribution in [-0.2, 0) is 38.1 Å². The number of carbonyl (C=O) groups excluding carboxylic acids is 4. The molecule has 0 amide bonds. The van der Waals surface area contributed by atoms with Gasteiger partial charge in [0.15, 0.2) is 5.60 Å². The summed E-state index contributed by atoms with van der Waals surface area (Å²) in [7, 11) is 0. The van der Waals surface area contributed by atoms with Crippen LogP contribution in [0, 0.1) is 39.4 Å². The summed E-state index contributed by atoms with van der Waals surface area (Å²) < 4.78 is 23.9. The Balaban J connectivity index is 1.67. The molecule has 0 aromatic carbocycles. The van der Waals surface area contributed by atoms with Gasteiger partial charge in [-0.1, -0.05) is 34.6 Å². The minimum Gasteiger partial charge on any atom is -0.462 e. The summed E-state index contributed by atoms with van der Waals surface area (Å²) in [5.74, 6) is -1.95. The van der Waals surface area contributed by atoms with E-state index in [0.717, 1.165) is 19.3 Å². The van der Waals surface area contributed by atoms with Crippen molar-refractivity contribution < 1.29 is 43.2 Å². The van der Waals surface area contributed by atoms with Crippen molar-refractivity contribution in [3.05, 3.63) is 12.2 Å². The van der Waals surface area contributed by atoms with E-state index in [2.05, 4.69) is 34.6 Å². The summed E-state index contributed by atoms with van der Waals surface area (Å²) in [6.45, 7) is 16.8. The molecule has 2 unspecified atom stereocenters. The SMILES string of the molecule is CC(=O)OC1CC2C(C)(C)[C@@H](OC(C)=O)CC[C@]2(C)[C@H]2CC[C@H]3[C@@](C)([C@H](OC(C)=O)C[C@]3(O)[C@]3(C)C=CC(=O)O3)[C@]12C. The lowest BCUT2D eigenvalue weighted by molar-refractivity contribution is -0.289. The van der Waals surface area contributed by atoms with Gasteiger partial charge in [0.2, 0.25) is 0 Å². The topological polar surface area (TPSA) is 125 Å². The number of fused-ring (bicyclic) bond motifs is 5. The average Bonchev–Trinajstić information content (AvgIpc) is 3.33. The van der Waals surface area contributed by atoms with Crippen molar-refractivity contribution in [2.75, 3.05) is 0 Å². The summed E-state index contributed by atoms with van der Waals surface area (Å²) in [5, 5.41) is 12.6. The van der Waals surface area contributed by atoms with Crippen molar-refractivity contribution in [2.24, 2.45) is 39.4 Å². The van der Waals surface area contributed by atoms with Gasteiger partial charge in [0.25, 0.3) is 0 Å². The van der Waals surface area contributed by atoms with Crippen LogP contribution in [-0.4, -0.2) is 58.5 Å². The molecule has 5 rings (SSSR count). The van der Waals surface area contributed by atoms with Gasteiger partial charge in [-0.2, -0.15) is 0 Å². The van der Waals surface area contributed by atoms with E-state index in [1.54, 1.807) is 13.0 Å². The number of aliphatic hydroxyl groups is 1. The van der Waals surface area contributed by atoms with Crippen LogP contribution in [0.2, 0.25) is 0 Å². The molecular formula is C33H48O9. The maximum Gasteiger partial charge on any atom is 0.331 e. The lowest BCUT2D eigenvalue weighted by atomic mass is 9.34. The van der Waals surface area contributed by atoms with E-state index in [1.165, 1.54) is 26.8 Å². The van der Waals surface area contributed by atoms with Gasteiger partial charge in [-0.3, -0.25) is 14.4 Å². The summed E-state index contributed by atoms with van der Waals surface area (Å²) in [4.78, 5) is 49.6. The zero-order chi connectivity index (χ0) is 31.3. The van der Waals surface area contributed by atoms with Crippen molar-refractivity contribution in [1.29, 1.82) is 0 Å². The third-order valence-corrected chi connectivity index (χ3v) is 13.1. The van der Waals surface area contributed by atoms with Crippen LogP contribution in [0.5, 0.6) is 0 Å². The fourth-order valence-corrected chi connectivity index (χ4v) is 11.2. The van der Waals surface area contributed by atoms with Gasteiger partial charge in [-0.15, -0.1) is 0 Å². The van der Waals surface area contributed by atoms with Crippen LogP contribution in [0.25, 0.3) is 0 Å². The third-order valence-electron chi connectivity index (χ3n) is 13.1. The highest BCUT2D eigenvalue weighted by molar-refractivity contribution is 5.85. The molecule has 0 saturated heterocycles. The molecule has 9 nitrogen and oxygen atoms in total. The molecular weight excluding hydrogens is 540 g/mol. The normalized spacial score (nSPS) is 48.8. The summed E-state index contributed by atoms with van der Waals surface area (Å²) in [5.41, 5.74) is -4.92. The molecule has 0 aromatic rings. The predicted octanol–water partition coefficient (Wildman–Crippen LogP) is 4.67. The monoisotopic (exact) mass is 588 g/mol. The lowest BCUT2D eigenvalue weighted by Crippen LogP contribution is -2.72. The van der Waals surface area contributed by atoms with E-state index in [1.807, 2.05) is 0 Å². The van der Waals surface area contributed by atoms with Gasteiger partial charge in [-0.05, 0) is 62.4 Å². The van der Waals surface area contributed by atoms with Crippen molar-refractivity contribution in [1.82, 2.24) is 0 Å². The molecule has 0 bridgehead atoms. The largest absolute Gasteiger partial charge is 0.462 e. The van der Waals surface area contributed by atoms with E-state index in [0.29, 0.717) is 12.8 Å². The highest BCUT2D eigenvalue weighted by Gasteiger charge is 2.80. The summed E-state index contributed by atoms with van der Waals surface area (Å²) in [6.07, 6.45) is 5.03. The van der Waals surface area contributed by atoms with Crippen LogP contribution in [0.3, 0.4) is 0 Å². The summed E-state index contributed by atoms with van der Waals surface area (Å²) >= 11 is 0. The predicted molar refractivity (Wildman–Crippen MR) is 152 cm³/mol. The van der Waals surface area contributed by atoms with E-state index in [9.17, 15) is 24.3 Å². The van der Waals surface area contributed by atoms with E-state index in [-0.39, 0.29) is 41.2 Å². The molecule has 0 radical (unpaired) electrons. The van der Waals surface area contributed by atoms with E-state index >= 15 is 0 Å². The Labute approximate surface area is 249 Å². The number of esters is 4. The summed E-state index contributed by atoms with van der Waals surface area (Å²) in [6, 6.07) is 0. The lowest BCUT2D eigenvalue weighted by Gasteiger charge is -2.71. The molecule has 4 fully saturated rings. The van der Waals surface area contributed by atoms with E-state index in [4.69, 9.17) is 18.9 Å². The smallest absolute Gasteiger partial charge is 0.331 e. The van der Waals surface area contributed by atoms with Gasteiger partial charge in [0.05, 0.1) is 0 Å². The molecule has 4 aliphatic carbocycles. The molecule has 0 aromatic heterocycles. The fourth-order valence-electron chi connectivity index (χ4n) is 11.2. The zero-order valence-electron chi connectivity index (χ0n) is 26.6. The number of cyclic esters (lactones) is 1.